The van der Waals surface area contributed by atoms with Crippen LogP contribution in [0.25, 0.3) is 0 Å². The van der Waals surface area contributed by atoms with Gasteiger partial charge in [-0.2, -0.15) is 0 Å². The van der Waals surface area contributed by atoms with Crippen molar-refractivity contribution in [2.75, 3.05) is 13.2 Å². The van der Waals surface area contributed by atoms with E-state index in [-0.39, 0.29) is 25.3 Å². The molecule has 1 aliphatic heterocycles. The minimum Gasteiger partial charge on any atom is -0.481 e. The molecule has 2 fully saturated rings. The average molecular weight is 270 g/mol. The fourth-order valence-electron chi connectivity index (χ4n) is 2.76. The number of carboxylic acids is 1. The van der Waals surface area contributed by atoms with Crippen LogP contribution in [0, 0.1) is 5.92 Å². The number of ether oxygens (including phenoxy) is 1. The Morgan fingerprint density at radius 2 is 1.68 bits per heavy atom. The van der Waals surface area contributed by atoms with Crippen molar-refractivity contribution in [3.63, 3.8) is 0 Å². The Labute approximate surface area is 112 Å². The molecular formula is C13H22N2O4. The molecule has 1 heterocycles. The maximum atomic E-state index is 11.9. The monoisotopic (exact) mass is 270 g/mol. The molecule has 2 rings (SSSR count). The van der Waals surface area contributed by atoms with Crippen LogP contribution in [0.1, 0.15) is 38.5 Å². The zero-order valence-corrected chi connectivity index (χ0v) is 11.1. The lowest BCUT2D eigenvalue weighted by Gasteiger charge is -2.20. The molecule has 2 atom stereocenters. The molecular weight excluding hydrogens is 248 g/mol. The minimum atomic E-state index is -0.919. The van der Waals surface area contributed by atoms with Crippen LogP contribution >= 0.6 is 0 Å². The number of urea groups is 1. The second-order valence-corrected chi connectivity index (χ2v) is 5.39. The maximum absolute atomic E-state index is 11.9. The number of hydrogen-bond donors (Lipinski definition) is 3. The molecule has 19 heavy (non-hydrogen) atoms. The summed E-state index contributed by atoms with van der Waals surface area (Å²) in [5.41, 5.74) is 0. The Balaban J connectivity index is 1.78. The van der Waals surface area contributed by atoms with Gasteiger partial charge in [0.2, 0.25) is 0 Å². The van der Waals surface area contributed by atoms with Gasteiger partial charge in [-0.15, -0.1) is 0 Å². The van der Waals surface area contributed by atoms with Crippen LogP contribution in [0.5, 0.6) is 0 Å². The molecule has 0 aromatic carbocycles. The summed E-state index contributed by atoms with van der Waals surface area (Å²) < 4.78 is 5.12. The first-order valence-electron chi connectivity index (χ1n) is 7.04. The molecule has 0 bridgehead atoms. The molecule has 3 N–H and O–H groups in total. The molecule has 2 amide bonds. The fraction of sp³-hybridized carbons (Fsp3) is 0.846. The highest BCUT2D eigenvalue weighted by Gasteiger charge is 2.35. The highest BCUT2D eigenvalue weighted by Crippen LogP contribution is 2.17. The lowest BCUT2D eigenvalue weighted by molar-refractivity contribution is -0.142. The Kier molecular flexibility index (Phi) is 5.01. The zero-order chi connectivity index (χ0) is 13.7. The van der Waals surface area contributed by atoms with E-state index in [0.717, 1.165) is 25.7 Å². The predicted molar refractivity (Wildman–Crippen MR) is 68.9 cm³/mol. The van der Waals surface area contributed by atoms with Crippen molar-refractivity contribution in [1.82, 2.24) is 10.6 Å². The number of nitrogens with one attached hydrogen (secondary N) is 2. The van der Waals surface area contributed by atoms with Crippen molar-refractivity contribution < 1.29 is 19.4 Å². The maximum Gasteiger partial charge on any atom is 0.315 e. The van der Waals surface area contributed by atoms with E-state index in [4.69, 9.17) is 9.84 Å². The summed E-state index contributed by atoms with van der Waals surface area (Å²) in [5, 5.41) is 14.7. The van der Waals surface area contributed by atoms with E-state index >= 15 is 0 Å². The lowest BCUT2D eigenvalue weighted by atomic mass is 10.0. The second-order valence-electron chi connectivity index (χ2n) is 5.39. The number of amides is 2. The summed E-state index contributed by atoms with van der Waals surface area (Å²) in [6.07, 6.45) is 6.78. The topological polar surface area (TPSA) is 87.7 Å². The quantitative estimate of drug-likeness (QED) is 0.670. The van der Waals surface area contributed by atoms with E-state index in [1.807, 2.05) is 0 Å². The van der Waals surface area contributed by atoms with Gasteiger partial charge < -0.3 is 20.5 Å². The number of carbonyl (C=O) groups excluding carboxylic acids is 1. The minimum absolute atomic E-state index is 0.170. The molecule has 6 heteroatoms. The SMILES string of the molecule is O=C(NC1CCCCCC1)NC1COCC1C(=O)O. The first-order valence-corrected chi connectivity index (χ1v) is 7.04. The van der Waals surface area contributed by atoms with Gasteiger partial charge in [0.25, 0.3) is 0 Å². The molecule has 1 aliphatic carbocycles. The van der Waals surface area contributed by atoms with Crippen LogP contribution in [0.15, 0.2) is 0 Å². The molecule has 0 aromatic heterocycles. The van der Waals surface area contributed by atoms with Crippen LogP contribution in [-0.4, -0.2) is 42.4 Å². The van der Waals surface area contributed by atoms with Crippen molar-refractivity contribution in [2.24, 2.45) is 5.92 Å². The average Bonchev–Trinajstić information content (AvgIpc) is 2.66. The highest BCUT2D eigenvalue weighted by molar-refractivity contribution is 5.77. The van der Waals surface area contributed by atoms with E-state index in [0.29, 0.717) is 0 Å². The van der Waals surface area contributed by atoms with E-state index < -0.39 is 17.9 Å². The van der Waals surface area contributed by atoms with Gasteiger partial charge in [0.05, 0.1) is 19.3 Å². The van der Waals surface area contributed by atoms with Crippen molar-refractivity contribution in [3.05, 3.63) is 0 Å². The first-order chi connectivity index (χ1) is 9.16. The molecule has 6 nitrogen and oxygen atoms in total. The van der Waals surface area contributed by atoms with Crippen LogP contribution in [-0.2, 0) is 9.53 Å². The van der Waals surface area contributed by atoms with E-state index in [1.165, 1.54) is 12.8 Å². The first kappa shape index (κ1) is 14.1. The number of hydrogen-bond acceptors (Lipinski definition) is 3. The second kappa shape index (κ2) is 6.75. The van der Waals surface area contributed by atoms with Gasteiger partial charge in [0.15, 0.2) is 0 Å². The molecule has 0 aromatic rings. The molecule has 1 saturated heterocycles. The number of rotatable bonds is 3. The van der Waals surface area contributed by atoms with Crippen LogP contribution in [0.2, 0.25) is 0 Å². The molecule has 1 saturated carbocycles. The smallest absolute Gasteiger partial charge is 0.315 e. The summed E-state index contributed by atoms with van der Waals surface area (Å²) >= 11 is 0. The summed E-state index contributed by atoms with van der Waals surface area (Å²) in [6.45, 7) is 0.443. The zero-order valence-electron chi connectivity index (χ0n) is 11.1. The lowest BCUT2D eigenvalue weighted by Crippen LogP contribution is -2.49. The largest absolute Gasteiger partial charge is 0.481 e. The van der Waals surface area contributed by atoms with E-state index in [2.05, 4.69) is 10.6 Å². The Hall–Kier alpha value is -1.30. The Morgan fingerprint density at radius 1 is 1.00 bits per heavy atom. The number of aliphatic carboxylic acids is 1. The molecule has 108 valence electrons. The predicted octanol–water partition coefficient (Wildman–Crippen LogP) is 1.11. The summed E-state index contributed by atoms with van der Waals surface area (Å²) in [7, 11) is 0. The third kappa shape index (κ3) is 4.09. The molecule has 0 radical (unpaired) electrons. The van der Waals surface area contributed by atoms with Crippen LogP contribution < -0.4 is 10.6 Å². The van der Waals surface area contributed by atoms with Gasteiger partial charge in [0.1, 0.15) is 5.92 Å². The van der Waals surface area contributed by atoms with Crippen LogP contribution in [0.3, 0.4) is 0 Å². The van der Waals surface area contributed by atoms with E-state index in [1.54, 1.807) is 0 Å². The van der Waals surface area contributed by atoms with Gasteiger partial charge in [-0.3, -0.25) is 4.79 Å². The van der Waals surface area contributed by atoms with Crippen molar-refractivity contribution in [3.8, 4) is 0 Å². The fourth-order valence-corrected chi connectivity index (χ4v) is 2.76. The third-order valence-electron chi connectivity index (χ3n) is 3.90. The summed E-state index contributed by atoms with van der Waals surface area (Å²) in [5.74, 6) is -1.56. The molecule has 0 spiro atoms. The summed E-state index contributed by atoms with van der Waals surface area (Å²) in [4.78, 5) is 22.9. The summed E-state index contributed by atoms with van der Waals surface area (Å²) in [6, 6.07) is -0.481. The van der Waals surface area contributed by atoms with Gasteiger partial charge in [-0.25, -0.2) is 4.79 Å². The van der Waals surface area contributed by atoms with Crippen molar-refractivity contribution >= 4 is 12.0 Å². The number of carbonyl (C=O) groups is 2. The molecule has 2 unspecified atom stereocenters. The van der Waals surface area contributed by atoms with Crippen LogP contribution in [0.4, 0.5) is 4.79 Å². The van der Waals surface area contributed by atoms with Gasteiger partial charge in [-0.05, 0) is 12.8 Å². The van der Waals surface area contributed by atoms with Gasteiger partial charge >= 0.3 is 12.0 Å². The Bertz CT molecular complexity index is 327. The third-order valence-corrected chi connectivity index (χ3v) is 3.90. The highest BCUT2D eigenvalue weighted by atomic mass is 16.5. The standard InChI is InChI=1S/C13H22N2O4/c16-12(17)10-7-19-8-11(10)15-13(18)14-9-5-3-1-2-4-6-9/h9-11H,1-8H2,(H,16,17)(H2,14,15,18). The normalized spacial score (nSPS) is 28.6. The van der Waals surface area contributed by atoms with Crippen molar-refractivity contribution in [1.29, 1.82) is 0 Å². The van der Waals surface area contributed by atoms with Crippen molar-refractivity contribution in [2.45, 2.75) is 50.6 Å². The Morgan fingerprint density at radius 3 is 2.32 bits per heavy atom. The molecule has 2 aliphatic rings. The van der Waals surface area contributed by atoms with Gasteiger partial charge in [0, 0.05) is 6.04 Å². The number of carboxylic acid groups (broad SMARTS) is 1. The van der Waals surface area contributed by atoms with Gasteiger partial charge in [-0.1, -0.05) is 25.7 Å². The van der Waals surface area contributed by atoms with E-state index in [9.17, 15) is 9.59 Å².